The monoisotopic (exact) mass is 518 g/mol. The molecule has 2 amide bonds. The Bertz CT molecular complexity index is 1160. The van der Waals surface area contributed by atoms with Crippen LogP contribution in [0.5, 0.6) is 5.75 Å². The van der Waals surface area contributed by atoms with Gasteiger partial charge in [0.15, 0.2) is 6.61 Å². The first-order chi connectivity index (χ1) is 18.0. The molecule has 0 radical (unpaired) electrons. The van der Waals surface area contributed by atoms with Gasteiger partial charge in [-0.2, -0.15) is 0 Å². The third-order valence-corrected chi connectivity index (χ3v) is 7.20. The Balaban J connectivity index is 1.61. The van der Waals surface area contributed by atoms with Gasteiger partial charge in [0.2, 0.25) is 5.91 Å². The number of ether oxygens (including phenoxy) is 1. The van der Waals surface area contributed by atoms with Gasteiger partial charge in [0, 0.05) is 19.0 Å². The number of aryl methyl sites for hydroxylation is 1. The van der Waals surface area contributed by atoms with Gasteiger partial charge in [-0.25, -0.2) is 0 Å². The van der Waals surface area contributed by atoms with Crippen LogP contribution < -0.4 is 10.1 Å². The molecular formula is C31H35ClN2O3. The van der Waals surface area contributed by atoms with E-state index in [2.05, 4.69) is 5.32 Å². The Labute approximate surface area is 224 Å². The van der Waals surface area contributed by atoms with Crippen molar-refractivity contribution < 1.29 is 14.3 Å². The van der Waals surface area contributed by atoms with Gasteiger partial charge in [0.25, 0.3) is 5.91 Å². The molecule has 0 aromatic heterocycles. The summed E-state index contributed by atoms with van der Waals surface area (Å²) >= 11 is 6.25. The number of amides is 2. The second-order valence-corrected chi connectivity index (χ2v) is 10.2. The molecule has 194 valence electrons. The van der Waals surface area contributed by atoms with Crippen molar-refractivity contribution in [3.63, 3.8) is 0 Å². The molecule has 1 aliphatic carbocycles. The molecule has 1 fully saturated rings. The summed E-state index contributed by atoms with van der Waals surface area (Å²) in [7, 11) is 0. The molecule has 0 bridgehead atoms. The van der Waals surface area contributed by atoms with E-state index >= 15 is 0 Å². The fraction of sp³-hybridized carbons (Fsp3) is 0.355. The van der Waals surface area contributed by atoms with E-state index in [0.29, 0.717) is 23.7 Å². The van der Waals surface area contributed by atoms with Crippen LogP contribution in [0.2, 0.25) is 5.02 Å². The Morgan fingerprint density at radius 1 is 0.919 bits per heavy atom. The minimum atomic E-state index is -0.673. The maximum Gasteiger partial charge on any atom is 0.261 e. The van der Waals surface area contributed by atoms with Crippen LogP contribution in [0.3, 0.4) is 0 Å². The zero-order valence-corrected chi connectivity index (χ0v) is 22.1. The molecule has 1 aliphatic rings. The topological polar surface area (TPSA) is 58.6 Å². The number of carbonyl (C=O) groups is 2. The smallest absolute Gasteiger partial charge is 0.261 e. The second kappa shape index (κ2) is 13.3. The summed E-state index contributed by atoms with van der Waals surface area (Å²) < 4.78 is 5.81. The van der Waals surface area contributed by atoms with Gasteiger partial charge in [-0.1, -0.05) is 103 Å². The average Bonchev–Trinajstić information content (AvgIpc) is 2.92. The van der Waals surface area contributed by atoms with Crippen molar-refractivity contribution in [1.82, 2.24) is 10.2 Å². The molecule has 4 rings (SSSR count). The maximum atomic E-state index is 13.8. The third kappa shape index (κ3) is 7.83. The lowest BCUT2D eigenvalue weighted by Crippen LogP contribution is -2.53. The van der Waals surface area contributed by atoms with Gasteiger partial charge in [-0.15, -0.1) is 0 Å². The Morgan fingerprint density at radius 2 is 1.59 bits per heavy atom. The lowest BCUT2D eigenvalue weighted by Gasteiger charge is -2.33. The number of rotatable bonds is 10. The van der Waals surface area contributed by atoms with E-state index in [1.807, 2.05) is 73.7 Å². The predicted molar refractivity (Wildman–Crippen MR) is 148 cm³/mol. The van der Waals surface area contributed by atoms with Crippen molar-refractivity contribution in [2.75, 3.05) is 6.61 Å². The van der Waals surface area contributed by atoms with Crippen LogP contribution in [-0.2, 0) is 22.6 Å². The van der Waals surface area contributed by atoms with Crippen molar-refractivity contribution in [2.24, 2.45) is 0 Å². The van der Waals surface area contributed by atoms with Crippen LogP contribution in [0.25, 0.3) is 0 Å². The number of para-hydroxylation sites is 1. The number of halogens is 1. The molecule has 1 N–H and O–H groups in total. The van der Waals surface area contributed by atoms with E-state index in [4.69, 9.17) is 16.3 Å². The lowest BCUT2D eigenvalue weighted by atomic mass is 9.94. The normalized spacial score (nSPS) is 14.5. The Hall–Kier alpha value is -3.31. The fourth-order valence-electron chi connectivity index (χ4n) is 4.77. The number of benzene rings is 3. The molecule has 0 unspecified atom stereocenters. The van der Waals surface area contributed by atoms with Crippen molar-refractivity contribution in [2.45, 2.75) is 64.1 Å². The molecule has 0 aliphatic heterocycles. The van der Waals surface area contributed by atoms with E-state index in [0.717, 1.165) is 42.4 Å². The summed E-state index contributed by atoms with van der Waals surface area (Å²) in [5, 5.41) is 3.70. The van der Waals surface area contributed by atoms with Crippen LogP contribution in [0.15, 0.2) is 78.9 Å². The summed E-state index contributed by atoms with van der Waals surface area (Å²) in [6, 6.07) is 24.5. The highest BCUT2D eigenvalue weighted by Gasteiger charge is 2.32. The summed E-state index contributed by atoms with van der Waals surface area (Å²) in [6.07, 6.45) is 5.81. The minimum absolute atomic E-state index is 0.117. The molecule has 6 heteroatoms. The molecule has 37 heavy (non-hydrogen) atoms. The molecule has 1 atom stereocenters. The number of nitrogens with one attached hydrogen (secondary N) is 1. The second-order valence-electron chi connectivity index (χ2n) is 9.78. The van der Waals surface area contributed by atoms with Crippen molar-refractivity contribution >= 4 is 23.4 Å². The maximum absolute atomic E-state index is 13.8. The standard InChI is InChI=1S/C31H35ClN2O3/c1-23-16-18-25(19-17-23)21-34(30(35)22-37-29-15-9-8-14-27(29)32)28(20-24-10-4-2-5-11-24)31(36)33-26-12-6-3-7-13-26/h2,4-5,8-11,14-19,26,28H,3,6-7,12-13,20-22H2,1H3,(H,33,36)/t28-/m1/s1. The average molecular weight is 519 g/mol. The molecule has 0 heterocycles. The largest absolute Gasteiger partial charge is 0.482 e. The lowest BCUT2D eigenvalue weighted by molar-refractivity contribution is -0.143. The minimum Gasteiger partial charge on any atom is -0.482 e. The summed E-state index contributed by atoms with van der Waals surface area (Å²) in [5.41, 5.74) is 3.10. The number of hydrogen-bond donors (Lipinski definition) is 1. The zero-order chi connectivity index (χ0) is 26.0. The first-order valence-corrected chi connectivity index (χ1v) is 13.4. The Kier molecular flexibility index (Phi) is 9.61. The van der Waals surface area contributed by atoms with Gasteiger partial charge in [-0.05, 0) is 43.0 Å². The van der Waals surface area contributed by atoms with Gasteiger partial charge in [-0.3, -0.25) is 9.59 Å². The molecule has 3 aromatic carbocycles. The van der Waals surface area contributed by atoms with E-state index < -0.39 is 6.04 Å². The highest BCUT2D eigenvalue weighted by atomic mass is 35.5. The van der Waals surface area contributed by atoms with E-state index in [1.165, 1.54) is 6.42 Å². The van der Waals surface area contributed by atoms with Crippen LogP contribution >= 0.6 is 11.6 Å². The number of nitrogens with zero attached hydrogens (tertiary/aromatic N) is 1. The van der Waals surface area contributed by atoms with Crippen molar-refractivity contribution in [1.29, 1.82) is 0 Å². The van der Waals surface area contributed by atoms with Gasteiger partial charge < -0.3 is 15.0 Å². The van der Waals surface area contributed by atoms with Gasteiger partial charge in [0.1, 0.15) is 11.8 Å². The van der Waals surface area contributed by atoms with E-state index in [-0.39, 0.29) is 24.5 Å². The SMILES string of the molecule is Cc1ccc(CN(C(=O)COc2ccccc2Cl)[C@H](Cc2ccccc2)C(=O)NC2CCCCC2)cc1. The number of carbonyl (C=O) groups excluding carboxylic acids is 2. The first-order valence-electron chi connectivity index (χ1n) is 13.1. The van der Waals surface area contributed by atoms with Crippen molar-refractivity contribution in [3.8, 4) is 5.75 Å². The van der Waals surface area contributed by atoms with Crippen LogP contribution in [0, 0.1) is 6.92 Å². The van der Waals surface area contributed by atoms with Gasteiger partial charge in [0.05, 0.1) is 5.02 Å². The van der Waals surface area contributed by atoms with Gasteiger partial charge >= 0.3 is 0 Å². The number of hydrogen-bond acceptors (Lipinski definition) is 3. The molecular weight excluding hydrogens is 484 g/mol. The highest BCUT2D eigenvalue weighted by Crippen LogP contribution is 2.24. The van der Waals surface area contributed by atoms with E-state index in [9.17, 15) is 9.59 Å². The first kappa shape index (κ1) is 26.7. The van der Waals surface area contributed by atoms with Crippen LogP contribution in [-0.4, -0.2) is 35.4 Å². The van der Waals surface area contributed by atoms with Crippen molar-refractivity contribution in [3.05, 3.63) is 101 Å². The van der Waals surface area contributed by atoms with Crippen LogP contribution in [0.1, 0.15) is 48.8 Å². The molecule has 1 saturated carbocycles. The van der Waals surface area contributed by atoms with E-state index in [1.54, 1.807) is 17.0 Å². The Morgan fingerprint density at radius 3 is 2.30 bits per heavy atom. The molecule has 0 saturated heterocycles. The molecule has 0 spiro atoms. The quantitative estimate of drug-likeness (QED) is 0.352. The summed E-state index contributed by atoms with van der Waals surface area (Å²) in [4.78, 5) is 29.1. The summed E-state index contributed by atoms with van der Waals surface area (Å²) in [5.74, 6) is 0.0632. The third-order valence-electron chi connectivity index (χ3n) is 6.88. The molecule has 5 nitrogen and oxygen atoms in total. The molecule has 3 aromatic rings. The zero-order valence-electron chi connectivity index (χ0n) is 21.4. The summed E-state index contributed by atoms with van der Waals surface area (Å²) in [6.45, 7) is 2.12. The fourth-order valence-corrected chi connectivity index (χ4v) is 4.96. The van der Waals surface area contributed by atoms with Crippen LogP contribution in [0.4, 0.5) is 0 Å². The highest BCUT2D eigenvalue weighted by molar-refractivity contribution is 6.32. The predicted octanol–water partition coefficient (Wildman–Crippen LogP) is 6.12.